The van der Waals surface area contributed by atoms with Gasteiger partial charge in [0, 0.05) is 0 Å². The minimum atomic E-state index is -0.640. The Balaban J connectivity index is 1.65. The van der Waals surface area contributed by atoms with Crippen LogP contribution in [0.4, 0.5) is 0 Å². The summed E-state index contributed by atoms with van der Waals surface area (Å²) in [6.07, 6.45) is 6.01. The maximum atomic E-state index is 10.5. The standard InChI is InChI=1S/C16H26O3/c1-9(17)19-16-4-10-3-11(5-16)13-7-15(2,18)6-12(10)14(13)8-16/h9-14,17-18H,3-8H2,1-2H3/t9?,10-,11?,12?,13?,14?,15?,16?/m1/s1. The topological polar surface area (TPSA) is 49.7 Å². The normalized spacial score (nSPS) is 60.3. The number of hydrogen-bond donors (Lipinski definition) is 2. The highest BCUT2D eigenvalue weighted by molar-refractivity contribution is 5.13. The van der Waals surface area contributed by atoms with E-state index in [-0.39, 0.29) is 5.60 Å². The molecular formula is C16H26O3. The van der Waals surface area contributed by atoms with Gasteiger partial charge in [-0.05, 0) is 82.0 Å². The van der Waals surface area contributed by atoms with Crippen LogP contribution >= 0.6 is 0 Å². The van der Waals surface area contributed by atoms with Gasteiger partial charge in [0.05, 0.1) is 11.2 Å². The van der Waals surface area contributed by atoms with Crippen molar-refractivity contribution in [1.82, 2.24) is 0 Å². The molecule has 0 aromatic carbocycles. The summed E-state index contributed by atoms with van der Waals surface area (Å²) in [7, 11) is 0. The number of hydrogen-bond acceptors (Lipinski definition) is 3. The van der Waals surface area contributed by atoms with Gasteiger partial charge in [0.25, 0.3) is 0 Å². The highest BCUT2D eigenvalue weighted by atomic mass is 16.6. The van der Waals surface area contributed by atoms with Gasteiger partial charge in [-0.2, -0.15) is 0 Å². The Labute approximate surface area is 115 Å². The molecule has 8 atom stereocenters. The lowest BCUT2D eigenvalue weighted by atomic mass is 9.41. The van der Waals surface area contributed by atoms with Gasteiger partial charge < -0.3 is 14.9 Å². The molecule has 5 aliphatic rings. The zero-order valence-corrected chi connectivity index (χ0v) is 12.0. The number of aliphatic hydroxyl groups is 2. The smallest absolute Gasteiger partial charge is 0.152 e. The summed E-state index contributed by atoms with van der Waals surface area (Å²) in [4.78, 5) is 0. The summed E-state index contributed by atoms with van der Waals surface area (Å²) in [6.45, 7) is 3.77. The van der Waals surface area contributed by atoms with Crippen molar-refractivity contribution >= 4 is 0 Å². The van der Waals surface area contributed by atoms with Crippen molar-refractivity contribution in [3.05, 3.63) is 0 Å². The number of aliphatic hydroxyl groups excluding tert-OH is 1. The Kier molecular flexibility index (Phi) is 2.49. The Morgan fingerprint density at radius 2 is 1.58 bits per heavy atom. The fraction of sp³-hybridized carbons (Fsp3) is 1.00. The third-order valence-corrected chi connectivity index (χ3v) is 6.56. The van der Waals surface area contributed by atoms with Crippen molar-refractivity contribution in [3.8, 4) is 0 Å². The largest absolute Gasteiger partial charge is 0.390 e. The van der Waals surface area contributed by atoms with E-state index in [4.69, 9.17) is 4.74 Å². The van der Waals surface area contributed by atoms with E-state index < -0.39 is 11.9 Å². The molecule has 0 spiro atoms. The second kappa shape index (κ2) is 3.75. The second-order valence-electron chi connectivity index (χ2n) is 8.17. The van der Waals surface area contributed by atoms with Crippen molar-refractivity contribution in [2.24, 2.45) is 29.6 Å². The highest BCUT2D eigenvalue weighted by Gasteiger charge is 2.63. The van der Waals surface area contributed by atoms with Crippen LogP contribution in [-0.4, -0.2) is 27.7 Å². The molecule has 0 aromatic rings. The lowest BCUT2D eigenvalue weighted by molar-refractivity contribution is -0.275. The van der Waals surface area contributed by atoms with Crippen LogP contribution < -0.4 is 0 Å². The van der Waals surface area contributed by atoms with Gasteiger partial charge in [-0.15, -0.1) is 0 Å². The van der Waals surface area contributed by atoms with Gasteiger partial charge in [0.15, 0.2) is 6.29 Å². The molecule has 2 N–H and O–H groups in total. The first kappa shape index (κ1) is 12.6. The van der Waals surface area contributed by atoms with Crippen LogP contribution in [0, 0.1) is 29.6 Å². The van der Waals surface area contributed by atoms with Gasteiger partial charge in [-0.1, -0.05) is 0 Å². The average molecular weight is 266 g/mol. The molecule has 3 nitrogen and oxygen atoms in total. The van der Waals surface area contributed by atoms with E-state index in [1.54, 1.807) is 6.92 Å². The maximum Gasteiger partial charge on any atom is 0.152 e. The van der Waals surface area contributed by atoms with E-state index in [1.165, 1.54) is 6.42 Å². The number of rotatable bonds is 2. The van der Waals surface area contributed by atoms with Crippen LogP contribution in [0.2, 0.25) is 0 Å². The van der Waals surface area contributed by atoms with Gasteiger partial charge >= 0.3 is 0 Å². The summed E-state index contributed by atoms with van der Waals surface area (Å²) in [5.41, 5.74) is -0.478. The Morgan fingerprint density at radius 3 is 2.11 bits per heavy atom. The molecule has 5 rings (SSSR count). The SMILES string of the molecule is CC(O)OC12CC3C[C@H](C1)C1CC(C)(O)CC3C1C2. The summed E-state index contributed by atoms with van der Waals surface area (Å²) < 4.78 is 5.96. The van der Waals surface area contributed by atoms with Crippen LogP contribution in [0.1, 0.15) is 52.4 Å². The molecule has 0 radical (unpaired) electrons. The molecule has 5 saturated carbocycles. The molecule has 0 aromatic heterocycles. The molecule has 0 saturated heterocycles. The summed E-state index contributed by atoms with van der Waals surface area (Å²) >= 11 is 0. The third-order valence-electron chi connectivity index (χ3n) is 6.56. The maximum absolute atomic E-state index is 10.5. The van der Waals surface area contributed by atoms with E-state index in [0.717, 1.165) is 49.9 Å². The van der Waals surface area contributed by atoms with Crippen molar-refractivity contribution in [1.29, 1.82) is 0 Å². The van der Waals surface area contributed by atoms with Crippen molar-refractivity contribution in [3.63, 3.8) is 0 Å². The summed E-state index contributed by atoms with van der Waals surface area (Å²) in [6, 6.07) is 0. The third kappa shape index (κ3) is 1.81. The molecule has 0 amide bonds. The van der Waals surface area contributed by atoms with Crippen LogP contribution in [0.15, 0.2) is 0 Å². The monoisotopic (exact) mass is 266 g/mol. The van der Waals surface area contributed by atoms with Gasteiger partial charge in [-0.3, -0.25) is 0 Å². The van der Waals surface area contributed by atoms with E-state index in [2.05, 4.69) is 0 Å². The molecule has 5 fully saturated rings. The van der Waals surface area contributed by atoms with Crippen molar-refractivity contribution in [2.45, 2.75) is 69.9 Å². The van der Waals surface area contributed by atoms with Gasteiger partial charge in [-0.25, -0.2) is 0 Å². The Hall–Kier alpha value is -0.120. The molecule has 19 heavy (non-hydrogen) atoms. The van der Waals surface area contributed by atoms with Crippen LogP contribution in [-0.2, 0) is 4.74 Å². The molecule has 108 valence electrons. The number of ether oxygens (including phenoxy) is 1. The zero-order valence-electron chi connectivity index (χ0n) is 12.0. The first-order valence-corrected chi connectivity index (χ1v) is 7.96. The first-order chi connectivity index (χ1) is 8.88. The summed E-state index contributed by atoms with van der Waals surface area (Å²) in [5.74, 6) is 3.59. The van der Waals surface area contributed by atoms with E-state index >= 15 is 0 Å². The van der Waals surface area contributed by atoms with Crippen LogP contribution in [0.5, 0.6) is 0 Å². The second-order valence-corrected chi connectivity index (χ2v) is 8.17. The molecule has 6 bridgehead atoms. The quantitative estimate of drug-likeness (QED) is 0.754. The fourth-order valence-electron chi connectivity index (χ4n) is 6.40. The zero-order chi connectivity index (χ0) is 13.4. The van der Waals surface area contributed by atoms with E-state index in [0.29, 0.717) is 11.8 Å². The molecular weight excluding hydrogens is 240 g/mol. The molecule has 0 heterocycles. The van der Waals surface area contributed by atoms with E-state index in [1.807, 2.05) is 6.92 Å². The van der Waals surface area contributed by atoms with Gasteiger partial charge in [0.1, 0.15) is 0 Å². The van der Waals surface area contributed by atoms with Crippen LogP contribution in [0.25, 0.3) is 0 Å². The lowest BCUT2D eigenvalue weighted by Crippen LogP contribution is -2.64. The Bertz CT molecular complexity index is 365. The predicted molar refractivity (Wildman–Crippen MR) is 71.3 cm³/mol. The van der Waals surface area contributed by atoms with Crippen LogP contribution in [0.3, 0.4) is 0 Å². The van der Waals surface area contributed by atoms with Gasteiger partial charge in [0.2, 0.25) is 0 Å². The minimum absolute atomic E-state index is 0.0391. The first-order valence-electron chi connectivity index (χ1n) is 7.96. The lowest BCUT2D eigenvalue weighted by Gasteiger charge is -2.66. The Morgan fingerprint density at radius 1 is 1.00 bits per heavy atom. The molecule has 3 heteroatoms. The molecule has 0 aliphatic heterocycles. The highest BCUT2D eigenvalue weighted by Crippen LogP contribution is 2.66. The fourth-order valence-corrected chi connectivity index (χ4v) is 6.40. The average Bonchev–Trinajstić information content (AvgIpc) is 2.26. The van der Waals surface area contributed by atoms with Crippen molar-refractivity contribution in [2.75, 3.05) is 0 Å². The molecule has 7 unspecified atom stereocenters. The predicted octanol–water partition coefficient (Wildman–Crippen LogP) is 2.31. The van der Waals surface area contributed by atoms with Crippen molar-refractivity contribution < 1.29 is 14.9 Å². The summed E-state index contributed by atoms with van der Waals surface area (Å²) in [5, 5.41) is 20.1. The minimum Gasteiger partial charge on any atom is -0.390 e. The molecule has 5 aliphatic carbocycles. The van der Waals surface area contributed by atoms with E-state index in [9.17, 15) is 10.2 Å².